The second-order valence-corrected chi connectivity index (χ2v) is 6.61. The molecule has 0 unspecified atom stereocenters. The molecule has 0 bridgehead atoms. The Labute approximate surface area is 151 Å². The van der Waals surface area contributed by atoms with Crippen molar-refractivity contribution in [2.75, 3.05) is 31.2 Å². The summed E-state index contributed by atoms with van der Waals surface area (Å²) in [7, 11) is 0. The quantitative estimate of drug-likeness (QED) is 0.556. The van der Waals surface area contributed by atoms with Crippen molar-refractivity contribution in [2.24, 2.45) is 0 Å². The number of aryl methyl sites for hydroxylation is 1. The largest absolute Gasteiger partial charge is 0.378 e. The van der Waals surface area contributed by atoms with Gasteiger partial charge in [-0.05, 0) is 25.1 Å². The number of nitrogens with zero attached hydrogens (tertiary/aromatic N) is 4. The van der Waals surface area contributed by atoms with E-state index in [0.717, 1.165) is 54.2 Å². The van der Waals surface area contributed by atoms with Crippen molar-refractivity contribution in [3.63, 3.8) is 0 Å². The summed E-state index contributed by atoms with van der Waals surface area (Å²) in [4.78, 5) is 7.39. The van der Waals surface area contributed by atoms with E-state index in [-0.39, 0.29) is 0 Å². The van der Waals surface area contributed by atoms with E-state index in [1.54, 1.807) is 0 Å². The minimum Gasteiger partial charge on any atom is -0.378 e. The summed E-state index contributed by atoms with van der Waals surface area (Å²) in [5, 5.41) is 7.15. The minimum absolute atomic E-state index is 0.754. The predicted octanol–water partition coefficient (Wildman–Crippen LogP) is 3.72. The van der Waals surface area contributed by atoms with Crippen LogP contribution in [0, 0.1) is 6.92 Å². The highest BCUT2D eigenvalue weighted by atomic mass is 16.5. The Morgan fingerprint density at radius 2 is 1.65 bits per heavy atom. The number of aromatic nitrogens is 3. The fraction of sp³-hybridized carbons (Fsp3) is 0.238. The number of para-hydroxylation sites is 2. The molecule has 0 atom stereocenters. The van der Waals surface area contributed by atoms with Crippen LogP contribution in [0.1, 0.15) is 5.69 Å². The van der Waals surface area contributed by atoms with Crippen molar-refractivity contribution in [3.05, 3.63) is 60.3 Å². The van der Waals surface area contributed by atoms with Crippen molar-refractivity contribution in [3.8, 4) is 5.69 Å². The van der Waals surface area contributed by atoms with Gasteiger partial charge in [0.25, 0.3) is 0 Å². The number of pyridine rings is 1. The highest BCUT2D eigenvalue weighted by Crippen LogP contribution is 2.36. The van der Waals surface area contributed by atoms with Crippen LogP contribution in [-0.2, 0) is 4.74 Å². The summed E-state index contributed by atoms with van der Waals surface area (Å²) in [6, 6.07) is 18.6. The van der Waals surface area contributed by atoms with E-state index in [1.165, 1.54) is 11.1 Å². The third kappa shape index (κ3) is 2.35. The lowest BCUT2D eigenvalue weighted by molar-refractivity contribution is 0.123. The Hall–Kier alpha value is -2.92. The third-order valence-corrected chi connectivity index (χ3v) is 4.99. The number of hydrogen-bond acceptors (Lipinski definition) is 4. The molecular formula is C21H20N4O. The normalized spacial score (nSPS) is 15.0. The maximum absolute atomic E-state index is 5.57. The van der Waals surface area contributed by atoms with Gasteiger partial charge in [0.05, 0.1) is 41.2 Å². The van der Waals surface area contributed by atoms with Crippen LogP contribution in [-0.4, -0.2) is 41.1 Å². The highest BCUT2D eigenvalue weighted by Gasteiger charge is 2.22. The molecule has 1 aliphatic heterocycles. The van der Waals surface area contributed by atoms with E-state index in [0.29, 0.717) is 0 Å². The molecule has 1 fully saturated rings. The Morgan fingerprint density at radius 3 is 2.46 bits per heavy atom. The Bertz CT molecular complexity index is 1080. The number of hydrogen-bond donors (Lipinski definition) is 0. The monoisotopic (exact) mass is 344 g/mol. The second kappa shape index (κ2) is 6.11. The van der Waals surface area contributed by atoms with E-state index in [9.17, 15) is 0 Å². The Kier molecular flexibility index (Phi) is 3.60. The first-order valence-electron chi connectivity index (χ1n) is 8.99. The van der Waals surface area contributed by atoms with E-state index in [2.05, 4.69) is 42.2 Å². The molecule has 0 aliphatic carbocycles. The van der Waals surface area contributed by atoms with E-state index in [4.69, 9.17) is 14.8 Å². The molecule has 1 aliphatic rings. The number of ether oxygens (including phenoxy) is 1. The smallest absolute Gasteiger partial charge is 0.165 e. The van der Waals surface area contributed by atoms with Crippen LogP contribution >= 0.6 is 0 Å². The first-order valence-corrected chi connectivity index (χ1v) is 8.99. The SMILES string of the molecule is Cc1nn(-c2ccccc2)c2nc3ccccc3c(N3CCOCC3)c12. The third-order valence-electron chi connectivity index (χ3n) is 4.99. The topological polar surface area (TPSA) is 43.2 Å². The first-order chi connectivity index (χ1) is 12.8. The standard InChI is InChI=1S/C21H20N4O/c1-15-19-20(24-11-13-26-14-12-24)17-9-5-6-10-18(17)22-21(19)25(23-15)16-7-3-2-4-8-16/h2-10H,11-14H2,1H3. The van der Waals surface area contributed by atoms with Gasteiger partial charge in [-0.25, -0.2) is 9.67 Å². The van der Waals surface area contributed by atoms with E-state index < -0.39 is 0 Å². The Balaban J connectivity index is 1.86. The molecule has 2 aromatic carbocycles. The molecule has 130 valence electrons. The molecule has 0 spiro atoms. The zero-order chi connectivity index (χ0) is 17.5. The zero-order valence-corrected chi connectivity index (χ0v) is 14.7. The molecule has 2 aromatic heterocycles. The van der Waals surface area contributed by atoms with Crippen LogP contribution in [0.3, 0.4) is 0 Å². The second-order valence-electron chi connectivity index (χ2n) is 6.61. The number of anilines is 1. The van der Waals surface area contributed by atoms with Gasteiger partial charge in [0.1, 0.15) is 0 Å². The van der Waals surface area contributed by atoms with Crippen LogP contribution in [0.15, 0.2) is 54.6 Å². The molecule has 5 rings (SSSR count). The van der Waals surface area contributed by atoms with Gasteiger partial charge < -0.3 is 9.64 Å². The molecular weight excluding hydrogens is 324 g/mol. The summed E-state index contributed by atoms with van der Waals surface area (Å²) in [5.74, 6) is 0. The zero-order valence-electron chi connectivity index (χ0n) is 14.7. The van der Waals surface area contributed by atoms with Crippen molar-refractivity contribution in [2.45, 2.75) is 6.92 Å². The summed E-state index contributed by atoms with van der Waals surface area (Å²) in [6.45, 7) is 5.36. The van der Waals surface area contributed by atoms with Crippen LogP contribution in [0.2, 0.25) is 0 Å². The maximum Gasteiger partial charge on any atom is 0.165 e. The minimum atomic E-state index is 0.754. The summed E-state index contributed by atoms with van der Waals surface area (Å²) in [5.41, 5.74) is 5.17. The van der Waals surface area contributed by atoms with Crippen molar-refractivity contribution in [1.29, 1.82) is 0 Å². The van der Waals surface area contributed by atoms with Crippen LogP contribution in [0.5, 0.6) is 0 Å². The van der Waals surface area contributed by atoms with Crippen molar-refractivity contribution < 1.29 is 4.74 Å². The molecule has 0 radical (unpaired) electrons. The van der Waals surface area contributed by atoms with Gasteiger partial charge in [0, 0.05) is 18.5 Å². The number of morpholine rings is 1. The molecule has 0 saturated carbocycles. The molecule has 5 nitrogen and oxygen atoms in total. The number of benzene rings is 2. The van der Waals surface area contributed by atoms with Crippen LogP contribution in [0.25, 0.3) is 27.6 Å². The van der Waals surface area contributed by atoms with E-state index >= 15 is 0 Å². The molecule has 1 saturated heterocycles. The number of fused-ring (bicyclic) bond motifs is 2. The van der Waals surface area contributed by atoms with Crippen LogP contribution in [0.4, 0.5) is 5.69 Å². The van der Waals surface area contributed by atoms with Gasteiger partial charge in [-0.1, -0.05) is 36.4 Å². The van der Waals surface area contributed by atoms with Gasteiger partial charge in [-0.15, -0.1) is 0 Å². The lowest BCUT2D eigenvalue weighted by Gasteiger charge is -2.30. The molecule has 5 heteroatoms. The molecule has 3 heterocycles. The maximum atomic E-state index is 5.57. The fourth-order valence-electron chi connectivity index (χ4n) is 3.78. The van der Waals surface area contributed by atoms with E-state index in [1.807, 2.05) is 28.9 Å². The molecule has 0 amide bonds. The summed E-state index contributed by atoms with van der Waals surface area (Å²) < 4.78 is 7.53. The van der Waals surface area contributed by atoms with Gasteiger partial charge in [-0.2, -0.15) is 5.10 Å². The van der Waals surface area contributed by atoms with Gasteiger partial charge in [-0.3, -0.25) is 0 Å². The lowest BCUT2D eigenvalue weighted by atomic mass is 10.1. The van der Waals surface area contributed by atoms with Gasteiger partial charge >= 0.3 is 0 Å². The Morgan fingerprint density at radius 1 is 0.923 bits per heavy atom. The fourth-order valence-corrected chi connectivity index (χ4v) is 3.78. The average Bonchev–Trinajstić information content (AvgIpc) is 3.04. The lowest BCUT2D eigenvalue weighted by Crippen LogP contribution is -2.36. The predicted molar refractivity (Wildman–Crippen MR) is 104 cm³/mol. The summed E-state index contributed by atoms with van der Waals surface area (Å²) >= 11 is 0. The van der Waals surface area contributed by atoms with Crippen LogP contribution < -0.4 is 4.90 Å². The first kappa shape index (κ1) is 15.3. The van der Waals surface area contributed by atoms with Gasteiger partial charge in [0.2, 0.25) is 0 Å². The molecule has 26 heavy (non-hydrogen) atoms. The average molecular weight is 344 g/mol. The van der Waals surface area contributed by atoms with Gasteiger partial charge in [0.15, 0.2) is 5.65 Å². The molecule has 0 N–H and O–H groups in total. The number of rotatable bonds is 2. The van der Waals surface area contributed by atoms with Crippen molar-refractivity contribution >= 4 is 27.6 Å². The van der Waals surface area contributed by atoms with Crippen molar-refractivity contribution in [1.82, 2.24) is 14.8 Å². The summed E-state index contributed by atoms with van der Waals surface area (Å²) in [6.07, 6.45) is 0. The molecule has 4 aromatic rings. The highest BCUT2D eigenvalue weighted by molar-refractivity contribution is 6.08.